The van der Waals surface area contributed by atoms with Gasteiger partial charge in [0.2, 0.25) is 10.0 Å². The molecule has 1 N–H and O–H groups in total. The Morgan fingerprint density at radius 3 is 2.00 bits per heavy atom. The monoisotopic (exact) mass is 122 g/mol. The maximum Gasteiger partial charge on any atom is 0.225 e. The van der Waals surface area contributed by atoms with E-state index >= 15 is 0 Å². The van der Waals surface area contributed by atoms with Gasteiger partial charge in [-0.25, -0.2) is 8.42 Å². The lowest BCUT2D eigenvalue weighted by Crippen LogP contribution is -2.03. The van der Waals surface area contributed by atoms with Gasteiger partial charge in [0.1, 0.15) is 0 Å². The fraction of sp³-hybridized carbons (Fsp3) is 1.00. The molecule has 0 atom stereocenters. The number of nitrogens with one attached hydrogen (secondary N) is 1. The van der Waals surface area contributed by atoms with Crippen molar-refractivity contribution in [1.82, 2.24) is 5.14 Å². The van der Waals surface area contributed by atoms with Gasteiger partial charge in [-0.15, -0.1) is 5.14 Å². The highest BCUT2D eigenvalue weighted by molar-refractivity contribution is 7.88. The van der Waals surface area contributed by atoms with Crippen LogP contribution < -0.4 is 5.14 Å². The summed E-state index contributed by atoms with van der Waals surface area (Å²) in [7, 11) is -3.42. The van der Waals surface area contributed by atoms with Gasteiger partial charge in [0, 0.05) is 0 Å². The third-order valence-electron chi connectivity index (χ3n) is 0.473. The third-order valence-corrected chi connectivity index (χ3v) is 1.42. The number of sulfonamides is 1. The zero-order chi connectivity index (χ0) is 5.91. The van der Waals surface area contributed by atoms with Crippen LogP contribution in [0.1, 0.15) is 13.3 Å². The summed E-state index contributed by atoms with van der Waals surface area (Å²) in [6.45, 7) is 1.73. The van der Waals surface area contributed by atoms with E-state index in [1.807, 2.05) is 0 Å². The first kappa shape index (κ1) is 6.91. The van der Waals surface area contributed by atoms with E-state index in [4.69, 9.17) is 5.14 Å². The van der Waals surface area contributed by atoms with Crippen LogP contribution in [0, 0.1) is 0 Å². The topological polar surface area (TPSA) is 57.9 Å². The van der Waals surface area contributed by atoms with Gasteiger partial charge >= 0.3 is 0 Å². The fourth-order valence-corrected chi connectivity index (χ4v) is 0.806. The van der Waals surface area contributed by atoms with Crippen molar-refractivity contribution in [1.29, 1.82) is 0 Å². The van der Waals surface area contributed by atoms with Gasteiger partial charge in [-0.05, 0) is 6.42 Å². The SMILES string of the molecule is CCCS([NH])(=O)=O. The first-order chi connectivity index (χ1) is 3.06. The van der Waals surface area contributed by atoms with Gasteiger partial charge < -0.3 is 0 Å². The number of rotatable bonds is 2. The Hall–Kier alpha value is -0.0900. The molecular weight excluding hydrogens is 114 g/mol. The second kappa shape index (κ2) is 2.28. The zero-order valence-electron chi connectivity index (χ0n) is 4.14. The molecule has 0 rings (SSSR count). The Bertz CT molecular complexity index is 126. The Kier molecular flexibility index (Phi) is 2.25. The molecule has 0 saturated heterocycles. The maximum atomic E-state index is 9.90. The molecule has 0 aliphatic heterocycles. The molecule has 0 amide bonds. The molecule has 0 aliphatic rings. The quantitative estimate of drug-likeness (QED) is 0.518. The number of hydrogen-bond acceptors (Lipinski definition) is 2. The van der Waals surface area contributed by atoms with Crippen LogP contribution in [0.2, 0.25) is 0 Å². The minimum atomic E-state index is -3.42. The summed E-state index contributed by atoms with van der Waals surface area (Å²) in [4.78, 5) is 0. The van der Waals surface area contributed by atoms with E-state index in [2.05, 4.69) is 0 Å². The van der Waals surface area contributed by atoms with E-state index in [9.17, 15) is 8.42 Å². The standard InChI is InChI=1S/C3H8NO2S/c1-2-3-7(4,5)6/h4H,2-3H2,1H3. The summed E-state index contributed by atoms with van der Waals surface area (Å²) in [5.41, 5.74) is 0. The van der Waals surface area contributed by atoms with Gasteiger partial charge in [0.25, 0.3) is 0 Å². The van der Waals surface area contributed by atoms with Crippen LogP contribution in [-0.4, -0.2) is 14.2 Å². The van der Waals surface area contributed by atoms with Gasteiger partial charge in [-0.1, -0.05) is 6.92 Å². The lowest BCUT2D eigenvalue weighted by molar-refractivity contribution is 0.595. The van der Waals surface area contributed by atoms with Crippen LogP contribution in [-0.2, 0) is 10.0 Å². The average Bonchev–Trinajstić information content (AvgIpc) is 1.30. The molecule has 43 valence electrons. The highest BCUT2D eigenvalue weighted by Crippen LogP contribution is 1.82. The molecule has 7 heavy (non-hydrogen) atoms. The van der Waals surface area contributed by atoms with Gasteiger partial charge in [0.05, 0.1) is 5.75 Å². The number of hydrogen-bond donors (Lipinski definition) is 0. The van der Waals surface area contributed by atoms with Crippen LogP contribution in [0.25, 0.3) is 0 Å². The van der Waals surface area contributed by atoms with Crippen molar-refractivity contribution >= 4 is 10.0 Å². The summed E-state index contributed by atoms with van der Waals surface area (Å²) in [5.74, 6) is -0.0208. The van der Waals surface area contributed by atoms with E-state index in [-0.39, 0.29) is 5.75 Å². The minimum Gasteiger partial charge on any atom is -0.211 e. The van der Waals surface area contributed by atoms with Crippen LogP contribution in [0.3, 0.4) is 0 Å². The van der Waals surface area contributed by atoms with E-state index in [0.29, 0.717) is 6.42 Å². The van der Waals surface area contributed by atoms with Crippen molar-refractivity contribution in [3.8, 4) is 0 Å². The van der Waals surface area contributed by atoms with Crippen molar-refractivity contribution in [3.05, 3.63) is 0 Å². The third kappa shape index (κ3) is 5.91. The molecule has 4 heteroatoms. The summed E-state index contributed by atoms with van der Waals surface area (Å²) >= 11 is 0. The van der Waals surface area contributed by atoms with Crippen molar-refractivity contribution in [2.45, 2.75) is 13.3 Å². The highest BCUT2D eigenvalue weighted by Gasteiger charge is 1.97. The molecule has 0 unspecified atom stereocenters. The largest absolute Gasteiger partial charge is 0.225 e. The van der Waals surface area contributed by atoms with E-state index in [1.165, 1.54) is 0 Å². The van der Waals surface area contributed by atoms with Crippen molar-refractivity contribution in [2.24, 2.45) is 0 Å². The molecule has 0 heterocycles. The predicted molar refractivity (Wildman–Crippen MR) is 27.2 cm³/mol. The van der Waals surface area contributed by atoms with Crippen LogP contribution >= 0.6 is 0 Å². The van der Waals surface area contributed by atoms with Gasteiger partial charge in [-0.2, -0.15) is 0 Å². The van der Waals surface area contributed by atoms with Crippen LogP contribution in [0.15, 0.2) is 0 Å². The fourth-order valence-electron chi connectivity index (χ4n) is 0.269. The Morgan fingerprint density at radius 2 is 2.00 bits per heavy atom. The molecule has 0 aliphatic carbocycles. The van der Waals surface area contributed by atoms with Gasteiger partial charge in [0.15, 0.2) is 0 Å². The van der Waals surface area contributed by atoms with E-state index in [0.717, 1.165) is 0 Å². The first-order valence-electron chi connectivity index (χ1n) is 2.03. The molecule has 1 radical (unpaired) electrons. The predicted octanol–water partition coefficient (Wildman–Crippen LogP) is 0.00910. The van der Waals surface area contributed by atoms with Gasteiger partial charge in [-0.3, -0.25) is 0 Å². The minimum absolute atomic E-state index is 0.0208. The molecule has 0 saturated carbocycles. The summed E-state index contributed by atoms with van der Waals surface area (Å²) in [6.07, 6.45) is 0.534. The zero-order valence-corrected chi connectivity index (χ0v) is 4.96. The lowest BCUT2D eigenvalue weighted by Gasteiger charge is -1.85. The summed E-state index contributed by atoms with van der Waals surface area (Å²) in [5, 5.41) is 6.30. The molecule has 0 aromatic heterocycles. The summed E-state index contributed by atoms with van der Waals surface area (Å²) < 4.78 is 19.8. The van der Waals surface area contributed by atoms with Crippen molar-refractivity contribution in [3.63, 3.8) is 0 Å². The Labute approximate surface area is 43.6 Å². The molecule has 0 bridgehead atoms. The average molecular weight is 122 g/mol. The second-order valence-corrected chi connectivity index (χ2v) is 2.96. The Morgan fingerprint density at radius 1 is 1.57 bits per heavy atom. The first-order valence-corrected chi connectivity index (χ1v) is 3.69. The molecule has 3 nitrogen and oxygen atoms in total. The highest BCUT2D eigenvalue weighted by atomic mass is 32.2. The molecular formula is C3H8NO2S. The van der Waals surface area contributed by atoms with E-state index in [1.54, 1.807) is 6.92 Å². The lowest BCUT2D eigenvalue weighted by atomic mass is 10.6. The van der Waals surface area contributed by atoms with Crippen molar-refractivity contribution in [2.75, 3.05) is 5.75 Å². The van der Waals surface area contributed by atoms with Crippen LogP contribution in [0.4, 0.5) is 0 Å². The Balaban J connectivity index is 3.60. The molecule has 0 spiro atoms. The molecule has 0 aromatic carbocycles. The molecule has 0 fully saturated rings. The maximum absolute atomic E-state index is 9.90. The molecule has 0 aromatic rings. The normalized spacial score (nSPS) is 11.7. The van der Waals surface area contributed by atoms with E-state index < -0.39 is 10.0 Å². The van der Waals surface area contributed by atoms with Crippen molar-refractivity contribution < 1.29 is 8.42 Å². The smallest absolute Gasteiger partial charge is 0.211 e. The second-order valence-electron chi connectivity index (χ2n) is 1.32. The van der Waals surface area contributed by atoms with Crippen LogP contribution in [0.5, 0.6) is 0 Å². The summed E-state index contributed by atoms with van der Waals surface area (Å²) in [6, 6.07) is 0.